The van der Waals surface area contributed by atoms with Crippen molar-refractivity contribution in [2.75, 3.05) is 46.1 Å². The lowest BCUT2D eigenvalue weighted by Crippen LogP contribution is -2.31. The summed E-state index contributed by atoms with van der Waals surface area (Å²) in [5, 5.41) is 0.0981. The van der Waals surface area contributed by atoms with Gasteiger partial charge in [0.25, 0.3) is 5.24 Å². The maximum absolute atomic E-state index is 12.9. The highest BCUT2D eigenvalue weighted by Gasteiger charge is 2.17. The second-order valence-electron chi connectivity index (χ2n) is 12.8. The van der Waals surface area contributed by atoms with Crippen LogP contribution in [0.25, 0.3) is 0 Å². The van der Waals surface area contributed by atoms with Gasteiger partial charge in [-0.2, -0.15) is 0 Å². The molecule has 0 aliphatic carbocycles. The average molecular weight is 673 g/mol. The number of carbonyl (C=O) groups excluding carboxylic acids is 3. The Bertz CT molecular complexity index is 688. The topological polar surface area (TPSA) is 76.1 Å². The van der Waals surface area contributed by atoms with Crippen LogP contribution >= 0.6 is 11.8 Å². The van der Waals surface area contributed by atoms with Crippen LogP contribution in [0, 0.1) is 0 Å². The number of carbonyl (C=O) groups is 3. The summed E-state index contributed by atoms with van der Waals surface area (Å²) in [6.07, 6.45) is 23.5. The molecule has 0 N–H and O–H groups in total. The first-order chi connectivity index (χ1) is 22.2. The van der Waals surface area contributed by atoms with E-state index in [2.05, 4.69) is 32.6 Å². The van der Waals surface area contributed by atoms with Crippen LogP contribution in [0.2, 0.25) is 0 Å². The molecular formula is C38H76N2O5S. The fourth-order valence-corrected chi connectivity index (χ4v) is 6.05. The van der Waals surface area contributed by atoms with Gasteiger partial charge in [-0.05, 0) is 66.0 Å². The molecule has 0 spiro atoms. The number of amides is 1. The summed E-state index contributed by atoms with van der Waals surface area (Å²) in [5.41, 5.74) is 0. The molecule has 0 saturated carbocycles. The van der Waals surface area contributed by atoms with Crippen molar-refractivity contribution in [1.82, 2.24) is 9.80 Å². The average Bonchev–Trinajstić information content (AvgIpc) is 3.02. The van der Waals surface area contributed by atoms with E-state index >= 15 is 0 Å². The first-order valence-electron chi connectivity index (χ1n) is 19.2. The standard InChI is InChI=1S/C31H60N2O5S.C7H16/c1-6-9-11-16-21-28(20-15-10-7-2)38-30(35)23-19-25-33(31(36)39-27-26-32(4)5)24-18-14-12-13-17-22-29(34)37-8-3;1-3-5-7-6-4-2/h28H,6-27H2,1-5H3;3-7H2,1-2H3. The Morgan fingerprint density at radius 1 is 0.565 bits per heavy atom. The number of thioether (sulfide) groups is 1. The molecule has 0 fully saturated rings. The molecule has 0 aromatic carbocycles. The molecule has 46 heavy (non-hydrogen) atoms. The molecule has 1 amide bonds. The van der Waals surface area contributed by atoms with Gasteiger partial charge in [-0.1, -0.05) is 123 Å². The van der Waals surface area contributed by atoms with Gasteiger partial charge in [0.05, 0.1) is 6.61 Å². The van der Waals surface area contributed by atoms with Crippen LogP contribution in [0.15, 0.2) is 0 Å². The number of rotatable bonds is 30. The van der Waals surface area contributed by atoms with Crippen molar-refractivity contribution >= 4 is 28.9 Å². The van der Waals surface area contributed by atoms with Gasteiger partial charge in [0.2, 0.25) is 0 Å². The van der Waals surface area contributed by atoms with E-state index in [1.807, 2.05) is 25.9 Å². The van der Waals surface area contributed by atoms with Crippen molar-refractivity contribution in [3.05, 3.63) is 0 Å². The normalized spacial score (nSPS) is 11.6. The minimum Gasteiger partial charge on any atom is -0.466 e. The molecule has 1 atom stereocenters. The smallest absolute Gasteiger partial charge is 0.306 e. The van der Waals surface area contributed by atoms with Crippen molar-refractivity contribution < 1.29 is 23.9 Å². The largest absolute Gasteiger partial charge is 0.466 e. The van der Waals surface area contributed by atoms with E-state index in [1.165, 1.54) is 76.0 Å². The third-order valence-corrected chi connectivity index (χ3v) is 8.85. The van der Waals surface area contributed by atoms with Crippen LogP contribution in [-0.2, 0) is 19.1 Å². The predicted octanol–water partition coefficient (Wildman–Crippen LogP) is 10.8. The third kappa shape index (κ3) is 34.1. The van der Waals surface area contributed by atoms with Crippen LogP contribution in [-0.4, -0.2) is 79.2 Å². The lowest BCUT2D eigenvalue weighted by Gasteiger charge is -2.23. The molecule has 0 aromatic rings. The van der Waals surface area contributed by atoms with E-state index in [-0.39, 0.29) is 23.3 Å². The highest BCUT2D eigenvalue weighted by Crippen LogP contribution is 2.17. The molecule has 274 valence electrons. The Morgan fingerprint density at radius 3 is 1.63 bits per heavy atom. The zero-order chi connectivity index (χ0) is 34.7. The summed E-state index contributed by atoms with van der Waals surface area (Å²) in [5.74, 6) is 0.517. The first kappa shape index (κ1) is 46.8. The quantitative estimate of drug-likeness (QED) is 0.0555. The molecule has 0 bridgehead atoms. The highest BCUT2D eigenvalue weighted by atomic mass is 32.2. The number of esters is 2. The molecular weight excluding hydrogens is 596 g/mol. The van der Waals surface area contributed by atoms with E-state index in [1.54, 1.807) is 0 Å². The monoisotopic (exact) mass is 673 g/mol. The Morgan fingerprint density at radius 2 is 1.04 bits per heavy atom. The Balaban J connectivity index is 0. The summed E-state index contributed by atoms with van der Waals surface area (Å²) < 4.78 is 10.9. The van der Waals surface area contributed by atoms with Crippen molar-refractivity contribution in [2.24, 2.45) is 0 Å². The molecule has 0 aromatic heterocycles. The van der Waals surface area contributed by atoms with E-state index < -0.39 is 0 Å². The van der Waals surface area contributed by atoms with Crippen molar-refractivity contribution in [3.8, 4) is 0 Å². The predicted molar refractivity (Wildman–Crippen MR) is 199 cm³/mol. The van der Waals surface area contributed by atoms with E-state index in [4.69, 9.17) is 9.47 Å². The molecule has 1 unspecified atom stereocenters. The zero-order valence-corrected chi connectivity index (χ0v) is 32.3. The first-order valence-corrected chi connectivity index (χ1v) is 20.1. The molecule has 0 radical (unpaired) electrons. The molecule has 8 heteroatoms. The molecule has 0 heterocycles. The number of ether oxygens (including phenoxy) is 2. The number of unbranched alkanes of at least 4 members (excludes halogenated alkanes) is 13. The van der Waals surface area contributed by atoms with Gasteiger partial charge in [-0.15, -0.1) is 0 Å². The van der Waals surface area contributed by atoms with Crippen LogP contribution < -0.4 is 0 Å². The van der Waals surface area contributed by atoms with Gasteiger partial charge in [0.15, 0.2) is 0 Å². The minimum absolute atomic E-state index is 0.0315. The van der Waals surface area contributed by atoms with Gasteiger partial charge in [-0.25, -0.2) is 0 Å². The Hall–Kier alpha value is -1.28. The van der Waals surface area contributed by atoms with Gasteiger partial charge in [-0.3, -0.25) is 14.4 Å². The van der Waals surface area contributed by atoms with E-state index in [0.29, 0.717) is 39.0 Å². The number of nitrogens with zero attached hydrogens (tertiary/aromatic N) is 2. The SMILES string of the molecule is CCCCCCC.CCCCCCC(CCCCC)OC(=O)CCCN(CCCCCCCC(=O)OCC)C(=O)SCCN(C)C. The molecule has 0 aliphatic rings. The fraction of sp³-hybridized carbons (Fsp3) is 0.921. The van der Waals surface area contributed by atoms with Crippen LogP contribution in [0.1, 0.15) is 176 Å². The zero-order valence-electron chi connectivity index (χ0n) is 31.5. The van der Waals surface area contributed by atoms with Gasteiger partial charge < -0.3 is 19.3 Å². The van der Waals surface area contributed by atoms with Crippen LogP contribution in [0.5, 0.6) is 0 Å². The molecule has 7 nitrogen and oxygen atoms in total. The lowest BCUT2D eigenvalue weighted by atomic mass is 10.0. The van der Waals surface area contributed by atoms with Crippen LogP contribution in [0.3, 0.4) is 0 Å². The van der Waals surface area contributed by atoms with Crippen LogP contribution in [0.4, 0.5) is 4.79 Å². The summed E-state index contributed by atoms with van der Waals surface area (Å²) in [6, 6.07) is 0. The number of hydrogen-bond donors (Lipinski definition) is 0. The van der Waals surface area contributed by atoms with E-state index in [9.17, 15) is 14.4 Å². The van der Waals surface area contributed by atoms with Gasteiger partial charge in [0, 0.05) is 38.2 Å². The summed E-state index contributed by atoms with van der Waals surface area (Å²) in [4.78, 5) is 41.0. The maximum Gasteiger partial charge on any atom is 0.306 e. The van der Waals surface area contributed by atoms with Crippen molar-refractivity contribution in [2.45, 2.75) is 182 Å². The lowest BCUT2D eigenvalue weighted by molar-refractivity contribution is -0.150. The Labute approximate surface area is 290 Å². The molecule has 0 rings (SSSR count). The van der Waals surface area contributed by atoms with Crippen molar-refractivity contribution in [1.29, 1.82) is 0 Å². The summed E-state index contributed by atoms with van der Waals surface area (Å²) >= 11 is 1.36. The van der Waals surface area contributed by atoms with Gasteiger partial charge >= 0.3 is 11.9 Å². The van der Waals surface area contributed by atoms with E-state index in [0.717, 1.165) is 70.1 Å². The summed E-state index contributed by atoms with van der Waals surface area (Å²) in [7, 11) is 4.02. The second-order valence-corrected chi connectivity index (χ2v) is 13.9. The fourth-order valence-electron chi connectivity index (χ4n) is 5.06. The Kier molecular flexibility index (Phi) is 37.2. The summed E-state index contributed by atoms with van der Waals surface area (Å²) in [6.45, 7) is 13.3. The molecule has 0 aliphatic heterocycles. The highest BCUT2D eigenvalue weighted by molar-refractivity contribution is 8.13. The number of hydrogen-bond acceptors (Lipinski definition) is 7. The minimum atomic E-state index is -0.124. The third-order valence-electron chi connectivity index (χ3n) is 7.96. The van der Waals surface area contributed by atoms with Gasteiger partial charge in [0.1, 0.15) is 6.10 Å². The van der Waals surface area contributed by atoms with Crippen molar-refractivity contribution in [3.63, 3.8) is 0 Å². The molecule has 0 saturated heterocycles. The maximum atomic E-state index is 12.9. The second kappa shape index (κ2) is 36.6.